The van der Waals surface area contributed by atoms with Crippen LogP contribution in [0.15, 0.2) is 84.9 Å². The molecule has 0 bridgehead atoms. The van der Waals surface area contributed by atoms with Gasteiger partial charge in [-0.25, -0.2) is 0 Å². The lowest BCUT2D eigenvalue weighted by molar-refractivity contribution is 0.0632. The van der Waals surface area contributed by atoms with Gasteiger partial charge in [0.05, 0.1) is 24.2 Å². The second-order valence-electron chi connectivity index (χ2n) is 12.8. The van der Waals surface area contributed by atoms with Gasteiger partial charge in [-0.3, -0.25) is 8.47 Å². The van der Waals surface area contributed by atoms with Crippen LogP contribution in [0.2, 0.25) is 0 Å². The van der Waals surface area contributed by atoms with Crippen molar-refractivity contribution in [3.05, 3.63) is 84.9 Å². The Morgan fingerprint density at radius 1 is 0.389 bits per heavy atom. The van der Waals surface area contributed by atoms with Crippen LogP contribution in [0.25, 0.3) is 43.6 Å². The lowest BCUT2D eigenvalue weighted by Gasteiger charge is -2.30. The van der Waals surface area contributed by atoms with E-state index >= 15 is 0 Å². The zero-order valence-electron chi connectivity index (χ0n) is 32.7. The van der Waals surface area contributed by atoms with E-state index in [2.05, 4.69) is 81.3 Å². The second kappa shape index (κ2) is 18.7. The first kappa shape index (κ1) is 40.0. The molecule has 2 heterocycles. The highest BCUT2D eigenvalue weighted by molar-refractivity contribution is 6.62. The molecule has 10 nitrogen and oxygen atoms in total. The average Bonchev–Trinajstić information content (AvgIpc) is 3.69. The summed E-state index contributed by atoms with van der Waals surface area (Å²) in [6, 6.07) is 29.3. The van der Waals surface area contributed by atoms with Crippen LogP contribution in [-0.4, -0.2) is 79.3 Å². The number of fused-ring (bicyclic) bond motifs is 6. The molecule has 54 heavy (non-hydrogen) atoms. The van der Waals surface area contributed by atoms with Gasteiger partial charge in [0.1, 0.15) is 11.5 Å². The third kappa shape index (κ3) is 8.12. The largest absolute Gasteiger partial charge is 0.638 e. The third-order valence-electron chi connectivity index (χ3n) is 9.37. The number of rotatable bonds is 23. The number of para-hydroxylation sites is 2. The van der Waals surface area contributed by atoms with E-state index in [0.29, 0.717) is 52.9 Å². The quantitative estimate of drug-likeness (QED) is 0.0471. The Kier molecular flexibility index (Phi) is 13.9. The van der Waals surface area contributed by atoms with Crippen LogP contribution < -0.4 is 9.47 Å². The van der Waals surface area contributed by atoms with E-state index in [9.17, 15) is 0 Å². The molecule has 0 aliphatic carbocycles. The second-order valence-corrected chi connectivity index (χ2v) is 17.5. The predicted octanol–water partition coefficient (Wildman–Crippen LogP) is 9.71. The molecule has 0 amide bonds. The van der Waals surface area contributed by atoms with Crippen molar-refractivity contribution in [2.24, 2.45) is 0 Å². The molecule has 0 radical (unpaired) electrons. The zero-order valence-corrected chi connectivity index (χ0v) is 34.7. The minimum atomic E-state index is -3.26. The monoisotopic (exact) mass is 772 g/mol. The van der Waals surface area contributed by atoms with Gasteiger partial charge in [-0.2, -0.15) is 0 Å². The fourth-order valence-electron chi connectivity index (χ4n) is 7.34. The first-order chi connectivity index (χ1) is 26.5. The molecule has 0 atom stereocenters. The third-order valence-corrected chi connectivity index (χ3v) is 15.4. The van der Waals surface area contributed by atoms with E-state index in [0.717, 1.165) is 80.8 Å². The van der Waals surface area contributed by atoms with Crippen molar-refractivity contribution in [1.82, 2.24) is 8.47 Å². The lowest BCUT2D eigenvalue weighted by atomic mass is 10.1. The van der Waals surface area contributed by atoms with Gasteiger partial charge in [0.25, 0.3) is 0 Å². The highest BCUT2D eigenvalue weighted by Gasteiger charge is 2.48. The summed E-state index contributed by atoms with van der Waals surface area (Å²) in [6.45, 7) is 16.1. The number of nitrogens with zero attached hydrogens (tertiary/aromatic N) is 2. The molecule has 0 unspecified atom stereocenters. The van der Waals surface area contributed by atoms with Crippen LogP contribution in [0.3, 0.4) is 0 Å². The molecule has 0 spiro atoms. The van der Waals surface area contributed by atoms with Crippen LogP contribution in [0, 0.1) is 0 Å². The van der Waals surface area contributed by atoms with Crippen molar-refractivity contribution in [3.63, 3.8) is 0 Å². The molecule has 6 rings (SSSR count). The van der Waals surface area contributed by atoms with Crippen molar-refractivity contribution in [2.75, 3.05) is 52.9 Å². The summed E-state index contributed by atoms with van der Waals surface area (Å²) >= 11 is 0. The Labute approximate surface area is 321 Å². The normalized spacial score (nSPS) is 12.5. The SMILES string of the molecule is CCO[Si](OCC)(OCC)n1c2ccccc2c2ccc(OCCCCCCOc3ccc4c5ccccc5n([Si](OCC)(OCC)OCC)c4c3)cc21. The van der Waals surface area contributed by atoms with Crippen molar-refractivity contribution in [2.45, 2.75) is 67.2 Å². The van der Waals surface area contributed by atoms with Gasteiger partial charge < -0.3 is 36.0 Å². The van der Waals surface area contributed by atoms with Crippen molar-refractivity contribution < 1.29 is 36.0 Å². The van der Waals surface area contributed by atoms with Crippen LogP contribution in [0.1, 0.15) is 67.2 Å². The molecule has 0 saturated heterocycles. The summed E-state index contributed by atoms with van der Waals surface area (Å²) < 4.78 is 55.1. The van der Waals surface area contributed by atoms with E-state index in [4.69, 9.17) is 36.0 Å². The number of ether oxygens (including phenoxy) is 2. The van der Waals surface area contributed by atoms with Gasteiger partial charge in [0, 0.05) is 84.4 Å². The van der Waals surface area contributed by atoms with Gasteiger partial charge in [0.2, 0.25) is 0 Å². The molecular weight excluding hydrogens is 717 g/mol. The predicted molar refractivity (Wildman–Crippen MR) is 220 cm³/mol. The summed E-state index contributed by atoms with van der Waals surface area (Å²) in [6.07, 6.45) is 3.97. The molecule has 2 aromatic heterocycles. The number of hydrogen-bond acceptors (Lipinski definition) is 8. The number of benzene rings is 4. The number of hydrogen-bond donors (Lipinski definition) is 0. The number of aromatic nitrogens is 2. The smallest absolute Gasteiger partial charge is 0.494 e. The van der Waals surface area contributed by atoms with E-state index in [1.54, 1.807) is 0 Å². The molecule has 0 fully saturated rings. The Balaban J connectivity index is 1.09. The first-order valence-corrected chi connectivity index (χ1v) is 23.0. The highest BCUT2D eigenvalue weighted by atomic mass is 28.4. The van der Waals surface area contributed by atoms with E-state index < -0.39 is 17.9 Å². The maximum atomic E-state index is 6.35. The lowest BCUT2D eigenvalue weighted by Crippen LogP contribution is -2.53. The molecule has 290 valence electrons. The molecule has 0 aliphatic rings. The molecular formula is C42H56N2O8Si2. The van der Waals surface area contributed by atoms with Crippen molar-refractivity contribution in [3.8, 4) is 11.5 Å². The fourth-order valence-corrected chi connectivity index (χ4v) is 12.7. The molecule has 0 N–H and O–H groups in total. The topological polar surface area (TPSA) is 83.7 Å². The Hall–Kier alpha value is -3.73. The molecule has 12 heteroatoms. The fraction of sp³-hybridized carbons (Fsp3) is 0.429. The Morgan fingerprint density at radius 3 is 1.07 bits per heavy atom. The average molecular weight is 773 g/mol. The molecule has 6 aromatic rings. The van der Waals surface area contributed by atoms with Gasteiger partial charge >= 0.3 is 17.9 Å². The Bertz CT molecular complexity index is 1930. The summed E-state index contributed by atoms with van der Waals surface area (Å²) in [4.78, 5) is 0. The standard InChI is InChI=1S/C42H56N2O8Si2/c1-7-47-53(48-8-2,49-9-3)43-39-23-17-15-21-35(39)37-27-25-33(31-41(37)43)45-29-19-13-14-20-30-46-34-26-28-38-36-22-16-18-24-40(36)44(42(38)32-34)54(50-10-4,51-11-5)52-12-6/h15-18,21-28,31-32H,7-14,19-20,29-30H2,1-6H3. The molecule has 0 saturated carbocycles. The van der Waals surface area contributed by atoms with Crippen LogP contribution in [-0.2, 0) is 26.6 Å². The van der Waals surface area contributed by atoms with Gasteiger partial charge in [0.15, 0.2) is 0 Å². The summed E-state index contributed by atoms with van der Waals surface area (Å²) in [5.74, 6) is 1.64. The summed E-state index contributed by atoms with van der Waals surface area (Å²) in [5.41, 5.74) is 4.06. The van der Waals surface area contributed by atoms with Crippen molar-refractivity contribution in [1.29, 1.82) is 0 Å². The Morgan fingerprint density at radius 2 is 0.722 bits per heavy atom. The molecule has 4 aromatic carbocycles. The molecule has 0 aliphatic heterocycles. The van der Waals surface area contributed by atoms with Gasteiger partial charge in [-0.15, -0.1) is 0 Å². The highest BCUT2D eigenvalue weighted by Crippen LogP contribution is 2.37. The zero-order chi connectivity index (χ0) is 38.0. The van der Waals surface area contributed by atoms with E-state index in [-0.39, 0.29) is 0 Å². The summed E-state index contributed by atoms with van der Waals surface area (Å²) in [7, 11) is -6.53. The van der Waals surface area contributed by atoms with Gasteiger partial charge in [-0.05, 0) is 104 Å². The van der Waals surface area contributed by atoms with E-state index in [1.165, 1.54) is 0 Å². The van der Waals surface area contributed by atoms with Gasteiger partial charge in [-0.1, -0.05) is 36.4 Å². The van der Waals surface area contributed by atoms with Crippen LogP contribution in [0.4, 0.5) is 0 Å². The number of unbranched alkanes of at least 4 members (excludes halogenated alkanes) is 3. The minimum absolute atomic E-state index is 0.488. The van der Waals surface area contributed by atoms with Crippen LogP contribution in [0.5, 0.6) is 11.5 Å². The van der Waals surface area contributed by atoms with Crippen LogP contribution >= 0.6 is 0 Å². The van der Waals surface area contributed by atoms with E-state index in [1.807, 2.05) is 53.7 Å². The maximum Gasteiger partial charge on any atom is 0.638 e. The van der Waals surface area contributed by atoms with Crippen molar-refractivity contribution >= 4 is 61.5 Å². The minimum Gasteiger partial charge on any atom is -0.494 e. The summed E-state index contributed by atoms with van der Waals surface area (Å²) in [5, 5.41) is 4.51. The maximum absolute atomic E-state index is 6.35. The first-order valence-electron chi connectivity index (χ1n) is 19.7.